The Balaban J connectivity index is 1.99. The van der Waals surface area contributed by atoms with Crippen LogP contribution in [-0.4, -0.2) is 17.6 Å². The average molecular weight is 306 g/mol. The van der Waals surface area contributed by atoms with E-state index in [2.05, 4.69) is 5.32 Å². The largest absolute Gasteiger partial charge is 0.506 e. The summed E-state index contributed by atoms with van der Waals surface area (Å²) < 4.78 is 5.50. The predicted octanol–water partition coefficient (Wildman–Crippen LogP) is 3.68. The van der Waals surface area contributed by atoms with Crippen LogP contribution in [0.4, 0.5) is 5.69 Å². The molecule has 2 aromatic rings. The molecule has 0 aliphatic heterocycles. The molecule has 0 fully saturated rings. The number of nitrogens with one attached hydrogen (secondary N) is 1. The Morgan fingerprint density at radius 3 is 2.81 bits per heavy atom. The number of anilines is 1. The van der Waals surface area contributed by atoms with Gasteiger partial charge in [-0.25, -0.2) is 0 Å². The molecule has 0 radical (unpaired) electrons. The quantitative estimate of drug-likeness (QED) is 0.847. The molecule has 0 bridgehead atoms. The lowest BCUT2D eigenvalue weighted by Crippen LogP contribution is -2.20. The minimum Gasteiger partial charge on any atom is -0.506 e. The first-order valence-electron chi connectivity index (χ1n) is 6.45. The number of amides is 1. The van der Waals surface area contributed by atoms with E-state index in [1.807, 2.05) is 32.0 Å². The monoisotopic (exact) mass is 305 g/mol. The maximum absolute atomic E-state index is 11.9. The van der Waals surface area contributed by atoms with Gasteiger partial charge >= 0.3 is 0 Å². The van der Waals surface area contributed by atoms with E-state index in [0.717, 1.165) is 11.1 Å². The third-order valence-corrected chi connectivity index (χ3v) is 3.38. The summed E-state index contributed by atoms with van der Waals surface area (Å²) in [6.07, 6.45) is 0. The van der Waals surface area contributed by atoms with Crippen molar-refractivity contribution in [3.05, 3.63) is 52.5 Å². The summed E-state index contributed by atoms with van der Waals surface area (Å²) in [5.41, 5.74) is 2.35. The molecule has 0 heterocycles. The number of benzene rings is 2. The van der Waals surface area contributed by atoms with E-state index in [1.54, 1.807) is 6.07 Å². The second-order valence-corrected chi connectivity index (χ2v) is 5.13. The summed E-state index contributed by atoms with van der Waals surface area (Å²) in [5, 5.41) is 12.6. The van der Waals surface area contributed by atoms with Gasteiger partial charge in [-0.05, 0) is 49.2 Å². The van der Waals surface area contributed by atoms with Crippen LogP contribution in [0.25, 0.3) is 0 Å². The molecular weight excluding hydrogens is 290 g/mol. The van der Waals surface area contributed by atoms with Crippen LogP contribution in [-0.2, 0) is 4.79 Å². The highest BCUT2D eigenvalue weighted by Crippen LogP contribution is 2.26. The number of rotatable bonds is 4. The van der Waals surface area contributed by atoms with Crippen LogP contribution in [0.1, 0.15) is 11.1 Å². The lowest BCUT2D eigenvalue weighted by Gasteiger charge is -2.11. The molecule has 0 saturated carbocycles. The Morgan fingerprint density at radius 1 is 1.29 bits per heavy atom. The van der Waals surface area contributed by atoms with E-state index < -0.39 is 0 Å². The first-order valence-corrected chi connectivity index (χ1v) is 6.82. The average Bonchev–Trinajstić information content (AvgIpc) is 2.44. The number of phenolic OH excluding ortho intramolecular Hbond substituents is 1. The standard InChI is InChI=1S/C16H16ClNO3/c1-10-4-3-5-15(11(10)2)21-9-16(20)18-13-8-12(17)6-7-14(13)19/h3-8,19H,9H2,1-2H3,(H,18,20). The number of carbonyl (C=O) groups excluding carboxylic acids is 1. The van der Waals surface area contributed by atoms with E-state index in [-0.39, 0.29) is 24.0 Å². The Labute approximate surface area is 128 Å². The van der Waals surface area contributed by atoms with E-state index in [4.69, 9.17) is 16.3 Å². The zero-order valence-electron chi connectivity index (χ0n) is 11.8. The predicted molar refractivity (Wildman–Crippen MR) is 83.2 cm³/mol. The maximum Gasteiger partial charge on any atom is 0.262 e. The van der Waals surface area contributed by atoms with Crippen LogP contribution in [0.3, 0.4) is 0 Å². The van der Waals surface area contributed by atoms with Gasteiger partial charge in [-0.1, -0.05) is 23.7 Å². The first kappa shape index (κ1) is 15.2. The van der Waals surface area contributed by atoms with E-state index in [1.165, 1.54) is 12.1 Å². The number of ether oxygens (including phenoxy) is 1. The third-order valence-electron chi connectivity index (χ3n) is 3.15. The van der Waals surface area contributed by atoms with Crippen LogP contribution in [0, 0.1) is 13.8 Å². The van der Waals surface area contributed by atoms with Crippen LogP contribution in [0.15, 0.2) is 36.4 Å². The molecular formula is C16H16ClNO3. The molecule has 4 nitrogen and oxygen atoms in total. The zero-order chi connectivity index (χ0) is 15.4. The smallest absolute Gasteiger partial charge is 0.262 e. The third kappa shape index (κ3) is 3.89. The van der Waals surface area contributed by atoms with Crippen LogP contribution >= 0.6 is 11.6 Å². The van der Waals surface area contributed by atoms with Gasteiger partial charge in [0.25, 0.3) is 5.91 Å². The number of aromatic hydroxyl groups is 1. The van der Waals surface area contributed by atoms with Crippen molar-refractivity contribution in [1.29, 1.82) is 0 Å². The Hall–Kier alpha value is -2.20. The molecule has 0 saturated heterocycles. The fraction of sp³-hybridized carbons (Fsp3) is 0.188. The topological polar surface area (TPSA) is 58.6 Å². The van der Waals surface area contributed by atoms with E-state index >= 15 is 0 Å². The number of phenols is 1. The highest BCUT2D eigenvalue weighted by Gasteiger charge is 2.09. The number of carbonyl (C=O) groups is 1. The van der Waals surface area contributed by atoms with E-state index in [0.29, 0.717) is 10.8 Å². The Kier molecular flexibility index (Phi) is 4.70. The molecule has 0 atom stereocenters. The van der Waals surface area contributed by atoms with Crippen molar-refractivity contribution in [2.24, 2.45) is 0 Å². The van der Waals surface area contributed by atoms with Gasteiger partial charge in [0.05, 0.1) is 5.69 Å². The van der Waals surface area contributed by atoms with Gasteiger partial charge in [0, 0.05) is 5.02 Å². The number of halogens is 1. The summed E-state index contributed by atoms with van der Waals surface area (Å²) >= 11 is 5.82. The van der Waals surface area contributed by atoms with E-state index in [9.17, 15) is 9.90 Å². The van der Waals surface area contributed by atoms with Crippen LogP contribution < -0.4 is 10.1 Å². The van der Waals surface area contributed by atoms with Crippen molar-refractivity contribution < 1.29 is 14.6 Å². The maximum atomic E-state index is 11.9. The number of hydrogen-bond acceptors (Lipinski definition) is 3. The fourth-order valence-corrected chi connectivity index (χ4v) is 1.99. The zero-order valence-corrected chi connectivity index (χ0v) is 12.6. The summed E-state index contributed by atoms with van der Waals surface area (Å²) in [6, 6.07) is 10.1. The molecule has 21 heavy (non-hydrogen) atoms. The van der Waals surface area contributed by atoms with Crippen LogP contribution in [0.5, 0.6) is 11.5 Å². The molecule has 0 unspecified atom stereocenters. The van der Waals surface area contributed by atoms with Gasteiger partial charge < -0.3 is 15.2 Å². The van der Waals surface area contributed by atoms with Crippen molar-refractivity contribution in [3.8, 4) is 11.5 Å². The van der Waals surface area contributed by atoms with Crippen molar-refractivity contribution >= 4 is 23.2 Å². The molecule has 2 rings (SSSR count). The first-order chi connectivity index (χ1) is 9.97. The van der Waals surface area contributed by atoms with Gasteiger partial charge in [0.2, 0.25) is 0 Å². The van der Waals surface area contributed by atoms with Crippen molar-refractivity contribution in [2.45, 2.75) is 13.8 Å². The van der Waals surface area contributed by atoms with Crippen LogP contribution in [0.2, 0.25) is 5.02 Å². The molecule has 0 aliphatic carbocycles. The van der Waals surface area contributed by atoms with Crippen molar-refractivity contribution in [2.75, 3.05) is 11.9 Å². The summed E-state index contributed by atoms with van der Waals surface area (Å²) in [4.78, 5) is 11.9. The molecule has 0 spiro atoms. The summed E-state index contributed by atoms with van der Waals surface area (Å²) in [7, 11) is 0. The molecule has 2 aromatic carbocycles. The lowest BCUT2D eigenvalue weighted by molar-refractivity contribution is -0.118. The van der Waals surface area contributed by atoms with Gasteiger partial charge in [-0.3, -0.25) is 4.79 Å². The number of hydrogen-bond donors (Lipinski definition) is 2. The summed E-state index contributed by atoms with van der Waals surface area (Å²) in [5.74, 6) is 0.258. The normalized spacial score (nSPS) is 10.2. The fourth-order valence-electron chi connectivity index (χ4n) is 1.82. The molecule has 5 heteroatoms. The molecule has 110 valence electrons. The Morgan fingerprint density at radius 2 is 2.05 bits per heavy atom. The lowest BCUT2D eigenvalue weighted by atomic mass is 10.1. The summed E-state index contributed by atoms with van der Waals surface area (Å²) in [6.45, 7) is 3.77. The Bertz CT molecular complexity index is 671. The molecule has 2 N–H and O–H groups in total. The molecule has 0 aliphatic rings. The SMILES string of the molecule is Cc1cccc(OCC(=O)Nc2cc(Cl)ccc2O)c1C. The highest BCUT2D eigenvalue weighted by molar-refractivity contribution is 6.31. The molecule has 0 aromatic heterocycles. The minimum absolute atomic E-state index is 0.0421. The van der Waals surface area contributed by atoms with Gasteiger partial charge in [0.1, 0.15) is 11.5 Å². The van der Waals surface area contributed by atoms with Gasteiger partial charge in [-0.2, -0.15) is 0 Å². The van der Waals surface area contributed by atoms with Gasteiger partial charge in [0.15, 0.2) is 6.61 Å². The van der Waals surface area contributed by atoms with Gasteiger partial charge in [-0.15, -0.1) is 0 Å². The highest BCUT2D eigenvalue weighted by atomic mass is 35.5. The van der Waals surface area contributed by atoms with Crippen molar-refractivity contribution in [3.63, 3.8) is 0 Å². The minimum atomic E-state index is -0.367. The second kappa shape index (κ2) is 6.50. The molecule has 1 amide bonds. The second-order valence-electron chi connectivity index (χ2n) is 4.70. The van der Waals surface area contributed by atoms with Crippen molar-refractivity contribution in [1.82, 2.24) is 0 Å². The number of aryl methyl sites for hydroxylation is 1.